The third kappa shape index (κ3) is 1.93. The zero-order valence-electron chi connectivity index (χ0n) is 10.1. The van der Waals surface area contributed by atoms with Gasteiger partial charge in [0.25, 0.3) is 0 Å². The molecule has 5 heteroatoms. The lowest BCUT2D eigenvalue weighted by Gasteiger charge is -2.09. The van der Waals surface area contributed by atoms with Crippen LogP contribution in [0, 0.1) is 11.8 Å². The zero-order chi connectivity index (χ0) is 11.8. The fourth-order valence-corrected chi connectivity index (χ4v) is 3.74. The molecular formula is C12H18BrN3O. The topological polar surface area (TPSA) is 39.9 Å². The molecule has 4 nitrogen and oxygen atoms in total. The molecule has 17 heavy (non-hydrogen) atoms. The van der Waals surface area contributed by atoms with Gasteiger partial charge in [-0.05, 0) is 24.7 Å². The summed E-state index contributed by atoms with van der Waals surface area (Å²) < 4.78 is 7.42. The van der Waals surface area contributed by atoms with E-state index in [0.717, 1.165) is 36.1 Å². The predicted molar refractivity (Wildman–Crippen MR) is 68.1 cm³/mol. The van der Waals surface area contributed by atoms with Gasteiger partial charge in [-0.3, -0.25) is 0 Å². The van der Waals surface area contributed by atoms with Crippen molar-refractivity contribution in [2.24, 2.45) is 11.8 Å². The minimum Gasteiger partial charge on any atom is -0.383 e. The average Bonchev–Trinajstić information content (AvgIpc) is 2.76. The Morgan fingerprint density at radius 3 is 2.76 bits per heavy atom. The maximum atomic E-state index is 5.17. The molecular weight excluding hydrogens is 282 g/mol. The number of fused-ring (bicyclic) bond motifs is 1. The molecule has 3 rings (SSSR count). The lowest BCUT2D eigenvalue weighted by atomic mass is 10.1. The number of halogens is 1. The van der Waals surface area contributed by atoms with Crippen LogP contribution >= 0.6 is 15.9 Å². The van der Waals surface area contributed by atoms with Crippen LogP contribution < -0.4 is 0 Å². The Labute approximate surface area is 110 Å². The van der Waals surface area contributed by atoms with Gasteiger partial charge in [0, 0.05) is 19.6 Å². The summed E-state index contributed by atoms with van der Waals surface area (Å²) in [5, 5.41) is 9.47. The van der Waals surface area contributed by atoms with Gasteiger partial charge in [-0.15, -0.1) is 10.2 Å². The van der Waals surface area contributed by atoms with Crippen molar-refractivity contribution < 1.29 is 4.74 Å². The highest BCUT2D eigenvalue weighted by Gasteiger charge is 2.55. The molecule has 0 N–H and O–H groups in total. The Kier molecular flexibility index (Phi) is 3.21. The van der Waals surface area contributed by atoms with Gasteiger partial charge >= 0.3 is 0 Å². The summed E-state index contributed by atoms with van der Waals surface area (Å²) in [5.41, 5.74) is 0. The zero-order valence-corrected chi connectivity index (χ0v) is 11.7. The fourth-order valence-electron chi connectivity index (χ4n) is 3.33. The molecule has 0 aliphatic heterocycles. The molecule has 2 saturated carbocycles. The number of nitrogens with zero attached hydrogens (tertiary/aromatic N) is 3. The quantitative estimate of drug-likeness (QED) is 0.784. The van der Waals surface area contributed by atoms with Crippen LogP contribution in [-0.4, -0.2) is 28.5 Å². The summed E-state index contributed by atoms with van der Waals surface area (Å²) in [6.07, 6.45) is 4.18. The molecule has 0 amide bonds. The van der Waals surface area contributed by atoms with Gasteiger partial charge in [0.1, 0.15) is 11.6 Å². The van der Waals surface area contributed by atoms with Gasteiger partial charge < -0.3 is 9.30 Å². The molecule has 0 radical (unpaired) electrons. The van der Waals surface area contributed by atoms with Crippen molar-refractivity contribution in [1.82, 2.24) is 14.8 Å². The van der Waals surface area contributed by atoms with Crippen LogP contribution in [0.5, 0.6) is 0 Å². The highest BCUT2D eigenvalue weighted by Crippen LogP contribution is 2.62. The van der Waals surface area contributed by atoms with E-state index in [2.05, 4.69) is 30.7 Å². The fraction of sp³-hybridized carbons (Fsp3) is 0.833. The molecule has 1 heterocycles. The Balaban J connectivity index is 1.81. The van der Waals surface area contributed by atoms with Crippen LogP contribution in [0.3, 0.4) is 0 Å². The average molecular weight is 300 g/mol. The number of alkyl halides is 1. The maximum Gasteiger partial charge on any atom is 0.143 e. The van der Waals surface area contributed by atoms with E-state index in [9.17, 15) is 0 Å². The van der Waals surface area contributed by atoms with E-state index in [1.807, 2.05) is 0 Å². The number of hydrogen-bond acceptors (Lipinski definition) is 3. The molecule has 1 aromatic rings. The monoisotopic (exact) mass is 299 g/mol. The Bertz CT molecular complexity index is 396. The molecule has 0 aromatic carbocycles. The molecule has 2 unspecified atom stereocenters. The van der Waals surface area contributed by atoms with Gasteiger partial charge in [0.2, 0.25) is 0 Å². The van der Waals surface area contributed by atoms with E-state index in [4.69, 9.17) is 4.74 Å². The predicted octanol–water partition coefficient (Wildman–Crippen LogP) is 2.33. The third-order valence-corrected chi connectivity index (χ3v) is 4.70. The normalized spacial score (nSPS) is 30.6. The van der Waals surface area contributed by atoms with Crippen molar-refractivity contribution in [1.29, 1.82) is 0 Å². The van der Waals surface area contributed by atoms with E-state index < -0.39 is 0 Å². The van der Waals surface area contributed by atoms with Crippen LogP contribution in [0.4, 0.5) is 0 Å². The Morgan fingerprint density at radius 1 is 1.35 bits per heavy atom. The lowest BCUT2D eigenvalue weighted by molar-refractivity contribution is 0.185. The van der Waals surface area contributed by atoms with Crippen LogP contribution in [0.1, 0.15) is 36.8 Å². The Morgan fingerprint density at radius 2 is 2.12 bits per heavy atom. The highest BCUT2D eigenvalue weighted by molar-refractivity contribution is 9.08. The van der Waals surface area contributed by atoms with Crippen LogP contribution in [-0.2, 0) is 16.6 Å². The first kappa shape index (κ1) is 11.7. The summed E-state index contributed by atoms with van der Waals surface area (Å²) in [4.78, 5) is 0. The van der Waals surface area contributed by atoms with E-state index >= 15 is 0 Å². The molecule has 94 valence electrons. The second kappa shape index (κ2) is 4.69. The van der Waals surface area contributed by atoms with Crippen LogP contribution in [0.25, 0.3) is 0 Å². The van der Waals surface area contributed by atoms with Crippen LogP contribution in [0.15, 0.2) is 0 Å². The van der Waals surface area contributed by atoms with Gasteiger partial charge in [-0.2, -0.15) is 0 Å². The molecule has 0 spiro atoms. The second-order valence-electron chi connectivity index (χ2n) is 5.04. The summed E-state index contributed by atoms with van der Waals surface area (Å²) in [6.45, 7) is 1.60. The third-order valence-electron chi connectivity index (χ3n) is 4.20. The summed E-state index contributed by atoms with van der Waals surface area (Å²) in [6, 6.07) is 0. The van der Waals surface area contributed by atoms with Crippen LogP contribution in [0.2, 0.25) is 0 Å². The maximum absolute atomic E-state index is 5.17. The number of aromatic nitrogens is 3. The van der Waals surface area contributed by atoms with Crippen molar-refractivity contribution in [3.8, 4) is 0 Å². The first-order valence-electron chi connectivity index (χ1n) is 6.33. The molecule has 1 aromatic heterocycles. The van der Waals surface area contributed by atoms with E-state index in [1.54, 1.807) is 7.11 Å². The smallest absolute Gasteiger partial charge is 0.143 e. The second-order valence-corrected chi connectivity index (χ2v) is 5.60. The van der Waals surface area contributed by atoms with Gasteiger partial charge in [-0.1, -0.05) is 22.4 Å². The van der Waals surface area contributed by atoms with E-state index in [0.29, 0.717) is 5.92 Å². The number of methoxy groups -OCH3 is 1. The first-order valence-corrected chi connectivity index (χ1v) is 7.46. The molecule has 2 aliphatic rings. The molecule has 2 fully saturated rings. The largest absolute Gasteiger partial charge is 0.383 e. The number of hydrogen-bond donors (Lipinski definition) is 0. The first-order chi connectivity index (χ1) is 8.36. The minimum absolute atomic E-state index is 0.681. The molecule has 0 saturated heterocycles. The van der Waals surface area contributed by atoms with Gasteiger partial charge in [-0.25, -0.2) is 0 Å². The minimum atomic E-state index is 0.681. The summed E-state index contributed by atoms with van der Waals surface area (Å²) in [7, 11) is 1.74. The molecule has 2 aliphatic carbocycles. The highest BCUT2D eigenvalue weighted by atomic mass is 79.9. The molecule has 0 bridgehead atoms. The lowest BCUT2D eigenvalue weighted by Crippen LogP contribution is -2.11. The number of rotatable bonds is 5. The van der Waals surface area contributed by atoms with Crippen molar-refractivity contribution >= 4 is 15.9 Å². The standard InChI is InChI=1S/C12H18BrN3O/c1-17-6-5-16-10(7-13)14-15-12(16)11-8-3-2-4-9(8)11/h8-9,11H,2-7H2,1H3. The van der Waals surface area contributed by atoms with E-state index in [1.165, 1.54) is 25.1 Å². The van der Waals surface area contributed by atoms with Crippen molar-refractivity contribution in [2.75, 3.05) is 13.7 Å². The Hall–Kier alpha value is -0.420. The van der Waals surface area contributed by atoms with Gasteiger partial charge in [0.15, 0.2) is 0 Å². The van der Waals surface area contributed by atoms with Crippen molar-refractivity contribution in [3.05, 3.63) is 11.6 Å². The van der Waals surface area contributed by atoms with Crippen molar-refractivity contribution in [3.63, 3.8) is 0 Å². The summed E-state index contributed by atoms with van der Waals surface area (Å²) >= 11 is 3.48. The number of ether oxygens (including phenoxy) is 1. The summed E-state index contributed by atoms with van der Waals surface area (Å²) in [5.74, 6) is 4.70. The molecule has 2 atom stereocenters. The van der Waals surface area contributed by atoms with E-state index in [-0.39, 0.29) is 0 Å². The van der Waals surface area contributed by atoms with Crippen molar-refractivity contribution in [2.45, 2.75) is 37.1 Å². The van der Waals surface area contributed by atoms with Gasteiger partial charge in [0.05, 0.1) is 11.9 Å². The SMILES string of the molecule is COCCn1c(CBr)nnc1C1C2CCCC21.